The predicted octanol–water partition coefficient (Wildman–Crippen LogP) is 4.66. The van der Waals surface area contributed by atoms with Crippen molar-refractivity contribution in [3.63, 3.8) is 0 Å². The Bertz CT molecular complexity index is 1320. The summed E-state index contributed by atoms with van der Waals surface area (Å²) in [7, 11) is 4.43. The third-order valence-electron chi connectivity index (χ3n) is 6.44. The van der Waals surface area contributed by atoms with Crippen molar-refractivity contribution < 1.29 is 33.6 Å². The Morgan fingerprint density at radius 1 is 0.921 bits per heavy atom. The van der Waals surface area contributed by atoms with E-state index in [1.54, 1.807) is 36.4 Å². The van der Waals surface area contributed by atoms with E-state index in [1.165, 1.54) is 26.2 Å². The number of carbonyl (C=O) groups excluding carboxylic acids is 2. The van der Waals surface area contributed by atoms with E-state index in [0.29, 0.717) is 29.4 Å². The number of Topliss-reactive ketones (excluding diaryl/α,β-unsaturated/α-hetero) is 1. The number of ether oxygens (including phenoxy) is 4. The van der Waals surface area contributed by atoms with Crippen molar-refractivity contribution in [1.82, 2.24) is 4.90 Å². The number of hydrogen-bond acceptors (Lipinski definition) is 7. The van der Waals surface area contributed by atoms with Gasteiger partial charge in [-0.1, -0.05) is 48.0 Å². The Morgan fingerprint density at radius 2 is 1.58 bits per heavy atom. The molecule has 0 aliphatic carbocycles. The average molecular weight is 518 g/mol. The summed E-state index contributed by atoms with van der Waals surface area (Å²) < 4.78 is 22.1. The van der Waals surface area contributed by atoms with Gasteiger partial charge in [-0.05, 0) is 42.3 Å². The standard InChI is InChI=1S/C30H31NO7/c1-19-11-13-20(14-12-19)18-38-22-8-5-7-21(17-22)27-26(29(33)30(34)31(27)15-16-35-2)28(32)25-23(36-3)9-6-10-24(25)37-4/h5-14,17,27,32H,15-16,18H2,1-4H3/b28-26+. The fourth-order valence-electron chi connectivity index (χ4n) is 4.49. The molecule has 8 nitrogen and oxygen atoms in total. The van der Waals surface area contributed by atoms with Crippen LogP contribution in [0.15, 0.2) is 72.3 Å². The zero-order valence-electron chi connectivity index (χ0n) is 21.9. The Balaban J connectivity index is 1.79. The first-order chi connectivity index (χ1) is 18.4. The molecule has 1 aliphatic heterocycles. The Morgan fingerprint density at radius 3 is 2.21 bits per heavy atom. The number of likely N-dealkylation sites (tertiary alicyclic amines) is 1. The molecule has 1 saturated heterocycles. The third-order valence-corrected chi connectivity index (χ3v) is 6.44. The summed E-state index contributed by atoms with van der Waals surface area (Å²) in [5.74, 6) is -0.738. The monoisotopic (exact) mass is 517 g/mol. The van der Waals surface area contributed by atoms with Crippen LogP contribution in [0.4, 0.5) is 0 Å². The Labute approximate surface area is 222 Å². The highest BCUT2D eigenvalue weighted by atomic mass is 16.5. The molecular formula is C30H31NO7. The van der Waals surface area contributed by atoms with Gasteiger partial charge in [0.1, 0.15) is 35.2 Å². The number of aryl methyl sites for hydroxylation is 1. The van der Waals surface area contributed by atoms with Gasteiger partial charge in [-0.3, -0.25) is 9.59 Å². The largest absolute Gasteiger partial charge is 0.506 e. The number of aliphatic hydroxyl groups is 1. The third kappa shape index (κ3) is 5.35. The van der Waals surface area contributed by atoms with Crippen molar-refractivity contribution in [3.8, 4) is 17.2 Å². The van der Waals surface area contributed by atoms with Gasteiger partial charge in [-0.25, -0.2) is 0 Å². The minimum atomic E-state index is -0.873. The summed E-state index contributed by atoms with van der Waals surface area (Å²) in [6, 6.07) is 19.3. The second kappa shape index (κ2) is 11.8. The molecule has 4 rings (SSSR count). The van der Waals surface area contributed by atoms with Crippen LogP contribution in [-0.2, 0) is 20.9 Å². The number of benzene rings is 3. The highest BCUT2D eigenvalue weighted by Crippen LogP contribution is 2.43. The van der Waals surface area contributed by atoms with E-state index in [1.807, 2.05) is 37.3 Å². The minimum absolute atomic E-state index is 0.0652. The molecule has 1 fully saturated rings. The van der Waals surface area contributed by atoms with Crippen molar-refractivity contribution in [2.24, 2.45) is 0 Å². The first-order valence-electron chi connectivity index (χ1n) is 12.2. The first kappa shape index (κ1) is 26.8. The molecule has 38 heavy (non-hydrogen) atoms. The molecule has 0 saturated carbocycles. The van der Waals surface area contributed by atoms with Crippen molar-refractivity contribution in [2.75, 3.05) is 34.5 Å². The molecule has 0 radical (unpaired) electrons. The maximum absolute atomic E-state index is 13.3. The fourth-order valence-corrected chi connectivity index (χ4v) is 4.49. The summed E-state index contributed by atoms with van der Waals surface area (Å²) in [4.78, 5) is 27.9. The molecule has 1 atom stereocenters. The summed E-state index contributed by atoms with van der Waals surface area (Å²) in [6.45, 7) is 2.74. The van der Waals surface area contributed by atoms with Crippen molar-refractivity contribution in [3.05, 3.63) is 94.6 Å². The number of ketones is 1. The lowest BCUT2D eigenvalue weighted by Gasteiger charge is -2.25. The smallest absolute Gasteiger partial charge is 0.295 e. The van der Waals surface area contributed by atoms with E-state index in [9.17, 15) is 14.7 Å². The maximum atomic E-state index is 13.3. The summed E-state index contributed by atoms with van der Waals surface area (Å²) >= 11 is 0. The van der Waals surface area contributed by atoms with Crippen LogP contribution in [0.2, 0.25) is 0 Å². The van der Waals surface area contributed by atoms with E-state index in [2.05, 4.69) is 0 Å². The molecule has 8 heteroatoms. The Hall–Kier alpha value is -4.30. The predicted molar refractivity (Wildman–Crippen MR) is 142 cm³/mol. The molecular weight excluding hydrogens is 486 g/mol. The first-order valence-corrected chi connectivity index (χ1v) is 12.2. The van der Waals surface area contributed by atoms with Gasteiger partial charge in [-0.2, -0.15) is 0 Å². The topological polar surface area (TPSA) is 94.5 Å². The van der Waals surface area contributed by atoms with Crippen LogP contribution < -0.4 is 14.2 Å². The lowest BCUT2D eigenvalue weighted by molar-refractivity contribution is -0.140. The maximum Gasteiger partial charge on any atom is 0.295 e. The summed E-state index contributed by atoms with van der Waals surface area (Å²) in [5, 5.41) is 11.5. The lowest BCUT2D eigenvalue weighted by Crippen LogP contribution is -2.32. The molecule has 0 bridgehead atoms. The molecule has 0 spiro atoms. The van der Waals surface area contributed by atoms with Crippen LogP contribution in [0.3, 0.4) is 0 Å². The van der Waals surface area contributed by atoms with Gasteiger partial charge >= 0.3 is 0 Å². The van der Waals surface area contributed by atoms with Gasteiger partial charge in [0, 0.05) is 13.7 Å². The van der Waals surface area contributed by atoms with Gasteiger partial charge < -0.3 is 29.0 Å². The van der Waals surface area contributed by atoms with Crippen molar-refractivity contribution in [1.29, 1.82) is 0 Å². The zero-order chi connectivity index (χ0) is 27.2. The molecule has 1 aliphatic rings. The van der Waals surface area contributed by atoms with Crippen LogP contribution in [0.5, 0.6) is 17.2 Å². The molecule has 0 aromatic heterocycles. The van der Waals surface area contributed by atoms with E-state index < -0.39 is 17.7 Å². The number of nitrogens with zero attached hydrogens (tertiary/aromatic N) is 1. The average Bonchev–Trinajstić information content (AvgIpc) is 3.20. The number of hydrogen-bond donors (Lipinski definition) is 1. The van der Waals surface area contributed by atoms with Crippen molar-refractivity contribution >= 4 is 17.4 Å². The number of methoxy groups -OCH3 is 3. The molecule has 3 aromatic rings. The number of aliphatic hydroxyl groups excluding tert-OH is 1. The van der Waals surface area contributed by atoms with Gasteiger partial charge in [0.25, 0.3) is 11.7 Å². The second-order valence-corrected chi connectivity index (χ2v) is 8.87. The second-order valence-electron chi connectivity index (χ2n) is 8.87. The minimum Gasteiger partial charge on any atom is -0.506 e. The SMILES string of the molecule is COCCN1C(=O)C(=O)/C(=C(/O)c2c(OC)cccc2OC)C1c1cccc(OCc2ccc(C)cc2)c1. The molecule has 1 unspecified atom stereocenters. The summed E-state index contributed by atoms with van der Waals surface area (Å²) in [6.07, 6.45) is 0. The van der Waals surface area contributed by atoms with E-state index >= 15 is 0 Å². The van der Waals surface area contributed by atoms with Gasteiger partial charge in [0.15, 0.2) is 0 Å². The highest BCUT2D eigenvalue weighted by Gasteiger charge is 2.46. The van der Waals surface area contributed by atoms with Crippen LogP contribution >= 0.6 is 0 Å². The highest BCUT2D eigenvalue weighted by molar-refractivity contribution is 6.46. The van der Waals surface area contributed by atoms with Crippen LogP contribution in [0.1, 0.15) is 28.3 Å². The zero-order valence-corrected chi connectivity index (χ0v) is 21.9. The normalized spacial score (nSPS) is 16.5. The number of carbonyl (C=O) groups is 2. The molecule has 1 heterocycles. The van der Waals surface area contributed by atoms with Gasteiger partial charge in [-0.15, -0.1) is 0 Å². The van der Waals surface area contributed by atoms with Crippen molar-refractivity contribution in [2.45, 2.75) is 19.6 Å². The van der Waals surface area contributed by atoms with Gasteiger partial charge in [0.2, 0.25) is 0 Å². The molecule has 198 valence electrons. The summed E-state index contributed by atoms with van der Waals surface area (Å²) in [5.41, 5.74) is 2.91. The number of rotatable bonds is 10. The molecule has 3 aromatic carbocycles. The molecule has 1 N–H and O–H groups in total. The van der Waals surface area contributed by atoms with E-state index in [4.69, 9.17) is 18.9 Å². The van der Waals surface area contributed by atoms with E-state index in [0.717, 1.165) is 11.1 Å². The van der Waals surface area contributed by atoms with Gasteiger partial charge in [0.05, 0.1) is 32.4 Å². The van der Waals surface area contributed by atoms with Crippen LogP contribution in [0, 0.1) is 6.92 Å². The van der Waals surface area contributed by atoms with E-state index in [-0.39, 0.29) is 30.0 Å². The quantitative estimate of drug-likeness (QED) is 0.237. The van der Waals surface area contributed by atoms with Crippen LogP contribution in [-0.4, -0.2) is 56.2 Å². The fraction of sp³-hybridized carbons (Fsp3) is 0.267. The molecule has 1 amide bonds. The number of amides is 1. The lowest BCUT2D eigenvalue weighted by atomic mass is 9.94. The van der Waals surface area contributed by atoms with Crippen LogP contribution in [0.25, 0.3) is 5.76 Å². The Kier molecular flexibility index (Phi) is 8.33.